The molecule has 1 saturated heterocycles. The molecule has 2 atom stereocenters. The first-order valence-corrected chi connectivity index (χ1v) is 4.84. The molecule has 0 aromatic heterocycles. The maximum atomic E-state index is 10.7. The molecule has 0 saturated carbocycles. The van der Waals surface area contributed by atoms with Gasteiger partial charge in [0.1, 0.15) is 0 Å². The first-order chi connectivity index (χ1) is 8.07. The number of hydrogen-bond acceptors (Lipinski definition) is 8. The van der Waals surface area contributed by atoms with E-state index in [9.17, 15) is 9.59 Å². The van der Waals surface area contributed by atoms with Crippen molar-refractivity contribution >= 4 is 23.9 Å². The molecular formula is C10H14O8Pd. The van der Waals surface area contributed by atoms with Gasteiger partial charge in [0.15, 0.2) is 12.2 Å². The monoisotopic (exact) mass is 368 g/mol. The summed E-state index contributed by atoms with van der Waals surface area (Å²) in [4.78, 5) is 39.1. The zero-order valence-electron chi connectivity index (χ0n) is 10.7. The molecule has 9 heteroatoms. The second-order valence-electron chi connectivity index (χ2n) is 3.14. The molecule has 1 fully saturated rings. The Hall–Kier alpha value is -1.46. The van der Waals surface area contributed by atoms with Crippen molar-refractivity contribution in [3.8, 4) is 0 Å². The van der Waals surface area contributed by atoms with E-state index in [0.29, 0.717) is 0 Å². The molecule has 1 aliphatic rings. The van der Waals surface area contributed by atoms with Crippen LogP contribution in [0.5, 0.6) is 0 Å². The van der Waals surface area contributed by atoms with Gasteiger partial charge in [-0.1, -0.05) is 0 Å². The van der Waals surface area contributed by atoms with Gasteiger partial charge in [0.25, 0.3) is 0 Å². The topological polar surface area (TPSA) is 133 Å². The molecule has 1 aliphatic heterocycles. The third-order valence-electron chi connectivity index (χ3n) is 1.25. The van der Waals surface area contributed by atoms with E-state index in [-0.39, 0.29) is 20.4 Å². The fourth-order valence-corrected chi connectivity index (χ4v) is 0.636. The van der Waals surface area contributed by atoms with Gasteiger partial charge in [0.2, 0.25) is 0 Å². The number of hydrogen-bond donors (Lipinski definition) is 0. The number of cyclic esters (lactones) is 2. The van der Waals surface area contributed by atoms with Crippen molar-refractivity contribution in [3.63, 3.8) is 0 Å². The minimum Gasteiger partial charge on any atom is -0.550 e. The number of ether oxygens (including phenoxy) is 2. The van der Waals surface area contributed by atoms with Crippen LogP contribution in [0.25, 0.3) is 0 Å². The molecule has 1 heterocycles. The van der Waals surface area contributed by atoms with Crippen LogP contribution in [0, 0.1) is 0 Å². The molecular weight excluding hydrogens is 355 g/mol. The number of carbonyl (C=O) groups is 4. The van der Waals surface area contributed by atoms with Gasteiger partial charge in [-0.3, -0.25) is 0 Å². The molecule has 0 aromatic carbocycles. The Morgan fingerprint density at radius 3 is 1.21 bits per heavy atom. The molecule has 112 valence electrons. The first-order valence-electron chi connectivity index (χ1n) is 4.84. The van der Waals surface area contributed by atoms with Crippen LogP contribution in [0.2, 0.25) is 0 Å². The molecule has 0 amide bonds. The Balaban J connectivity index is -0.000000242. The van der Waals surface area contributed by atoms with Crippen molar-refractivity contribution in [2.45, 2.75) is 39.9 Å². The number of carboxylic acid groups (broad SMARTS) is 2. The van der Waals surface area contributed by atoms with Crippen LogP contribution in [0.15, 0.2) is 0 Å². The van der Waals surface area contributed by atoms with E-state index in [4.69, 9.17) is 19.8 Å². The maximum absolute atomic E-state index is 10.7. The molecule has 0 radical (unpaired) electrons. The molecule has 0 aliphatic carbocycles. The van der Waals surface area contributed by atoms with E-state index in [1.807, 2.05) is 0 Å². The summed E-state index contributed by atoms with van der Waals surface area (Å²) in [6, 6.07) is 0. The fraction of sp³-hybridized carbons (Fsp3) is 0.600. The van der Waals surface area contributed by atoms with Gasteiger partial charge in [-0.25, -0.2) is 9.59 Å². The minimum atomic E-state index is -1.08. The van der Waals surface area contributed by atoms with E-state index < -0.39 is 36.1 Å². The van der Waals surface area contributed by atoms with Gasteiger partial charge in [-0.15, -0.1) is 0 Å². The third kappa shape index (κ3) is 16.5. The molecule has 2 unspecified atom stereocenters. The first kappa shape index (κ1) is 22.7. The maximum Gasteiger partial charge on any atom is 2.00 e. The van der Waals surface area contributed by atoms with Crippen molar-refractivity contribution in [3.05, 3.63) is 0 Å². The summed E-state index contributed by atoms with van der Waals surface area (Å²) < 4.78 is 9.19. The fourth-order valence-electron chi connectivity index (χ4n) is 0.636. The van der Waals surface area contributed by atoms with E-state index in [1.54, 1.807) is 0 Å². The van der Waals surface area contributed by atoms with E-state index in [2.05, 4.69) is 9.47 Å². The molecule has 8 nitrogen and oxygen atoms in total. The summed E-state index contributed by atoms with van der Waals surface area (Å²) >= 11 is 0. The minimum absolute atomic E-state index is 0. The number of aliphatic carboxylic acids is 2. The van der Waals surface area contributed by atoms with E-state index in [1.165, 1.54) is 13.8 Å². The average molecular weight is 369 g/mol. The quantitative estimate of drug-likeness (QED) is 0.335. The summed E-state index contributed by atoms with van der Waals surface area (Å²) in [7, 11) is 0. The van der Waals surface area contributed by atoms with Gasteiger partial charge in [0, 0.05) is 11.9 Å². The number of carbonyl (C=O) groups excluding carboxylic acids is 4. The third-order valence-corrected chi connectivity index (χ3v) is 1.25. The largest absolute Gasteiger partial charge is 2.00 e. The second kappa shape index (κ2) is 11.6. The van der Waals surface area contributed by atoms with Crippen LogP contribution in [-0.2, 0) is 49.1 Å². The Kier molecular flexibility index (Phi) is 13.9. The molecule has 19 heavy (non-hydrogen) atoms. The molecule has 0 aromatic rings. The van der Waals surface area contributed by atoms with Crippen molar-refractivity contribution < 1.29 is 59.3 Å². The van der Waals surface area contributed by atoms with Crippen LogP contribution in [0.1, 0.15) is 27.7 Å². The average Bonchev–Trinajstić information content (AvgIpc) is 2.13. The zero-order chi connectivity index (χ0) is 14.9. The Labute approximate surface area is 123 Å². The predicted octanol–water partition coefficient (Wildman–Crippen LogP) is -2.63. The van der Waals surface area contributed by atoms with Crippen molar-refractivity contribution in [1.82, 2.24) is 0 Å². The zero-order valence-corrected chi connectivity index (χ0v) is 12.3. The Bertz CT molecular complexity index is 287. The van der Waals surface area contributed by atoms with Crippen LogP contribution >= 0.6 is 0 Å². The standard InChI is InChI=1S/C6H8O4.2C2H4O2.Pd/c1-3-5(7)10-4(2)6(8)9-3;2*1-2(3)4;/h3-4H,1-2H3;2*1H3,(H,3,4);/q;;;+2/p-2. The number of carboxylic acids is 2. The predicted molar refractivity (Wildman–Crippen MR) is 52.5 cm³/mol. The number of esters is 2. The van der Waals surface area contributed by atoms with Gasteiger partial charge in [-0.2, -0.15) is 0 Å². The van der Waals surface area contributed by atoms with Gasteiger partial charge < -0.3 is 29.3 Å². The van der Waals surface area contributed by atoms with Crippen molar-refractivity contribution in [2.24, 2.45) is 0 Å². The number of rotatable bonds is 0. The molecule has 1 rings (SSSR count). The van der Waals surface area contributed by atoms with Gasteiger partial charge in [0.05, 0.1) is 0 Å². The van der Waals surface area contributed by atoms with E-state index >= 15 is 0 Å². The normalized spacial score (nSPS) is 20.0. The van der Waals surface area contributed by atoms with E-state index in [0.717, 1.165) is 13.8 Å². The van der Waals surface area contributed by atoms with Crippen LogP contribution in [0.4, 0.5) is 0 Å². The molecule has 0 spiro atoms. The smallest absolute Gasteiger partial charge is 0.550 e. The second-order valence-corrected chi connectivity index (χ2v) is 3.14. The molecule has 0 bridgehead atoms. The Morgan fingerprint density at radius 2 is 1.05 bits per heavy atom. The summed E-state index contributed by atoms with van der Waals surface area (Å²) in [5.41, 5.74) is 0. The molecule has 0 N–H and O–H groups in total. The van der Waals surface area contributed by atoms with Crippen LogP contribution in [0.3, 0.4) is 0 Å². The van der Waals surface area contributed by atoms with Crippen LogP contribution in [-0.4, -0.2) is 36.1 Å². The summed E-state index contributed by atoms with van der Waals surface area (Å²) in [6.45, 7) is 4.90. The summed E-state index contributed by atoms with van der Waals surface area (Å²) in [5, 5.41) is 17.8. The SMILES string of the molecule is CC(=O)[O-].CC(=O)[O-].CC1OC(=O)C(C)OC1=O.[Pd+2]. The van der Waals surface area contributed by atoms with Crippen molar-refractivity contribution in [2.75, 3.05) is 0 Å². The van der Waals surface area contributed by atoms with Crippen LogP contribution < -0.4 is 10.2 Å². The van der Waals surface area contributed by atoms with Gasteiger partial charge in [-0.05, 0) is 27.7 Å². The summed E-state index contributed by atoms with van der Waals surface area (Å²) in [6.07, 6.45) is -1.49. The summed E-state index contributed by atoms with van der Waals surface area (Å²) in [5.74, 6) is -3.13. The van der Waals surface area contributed by atoms with Gasteiger partial charge >= 0.3 is 32.4 Å². The Morgan fingerprint density at radius 1 is 0.895 bits per heavy atom. The van der Waals surface area contributed by atoms with Crippen molar-refractivity contribution in [1.29, 1.82) is 0 Å².